The number of carbonyl (C=O) groups is 1. The molecule has 0 saturated carbocycles. The minimum Gasteiger partial charge on any atom is -0.459 e. The third-order valence-corrected chi connectivity index (χ3v) is 3.05. The predicted octanol–water partition coefficient (Wildman–Crippen LogP) is 2.13. The highest BCUT2D eigenvalue weighted by atomic mass is 16.5. The number of carbonyl (C=O) groups excluding carboxylic acids is 1. The number of hydroxylamine groups is 2. The Morgan fingerprint density at radius 2 is 1.81 bits per heavy atom. The van der Waals surface area contributed by atoms with Crippen LogP contribution in [0.5, 0.6) is 0 Å². The summed E-state index contributed by atoms with van der Waals surface area (Å²) < 4.78 is 5.27. The van der Waals surface area contributed by atoms with Crippen LogP contribution in [0, 0.1) is 0 Å². The van der Waals surface area contributed by atoms with E-state index in [1.54, 1.807) is 0 Å². The Bertz CT molecular complexity index is 279. The molecule has 1 N–H and O–H groups in total. The molecule has 16 heavy (non-hydrogen) atoms. The maximum Gasteiger partial charge on any atom is 0.330 e. The summed E-state index contributed by atoms with van der Waals surface area (Å²) in [7, 11) is 0. The zero-order valence-electron chi connectivity index (χ0n) is 10.5. The molecule has 0 atom stereocenters. The van der Waals surface area contributed by atoms with E-state index in [1.165, 1.54) is 11.1 Å². The van der Waals surface area contributed by atoms with Crippen LogP contribution in [0.25, 0.3) is 0 Å². The van der Waals surface area contributed by atoms with Crippen LogP contribution in [-0.2, 0) is 9.53 Å². The fraction of sp³-hybridized carbons (Fsp3) is 0.750. The molecule has 1 heterocycles. The third kappa shape index (κ3) is 2.62. The minimum atomic E-state index is -0.400. The van der Waals surface area contributed by atoms with Gasteiger partial charge in [0.1, 0.15) is 6.10 Å². The number of rotatable bonds is 2. The van der Waals surface area contributed by atoms with Crippen LogP contribution in [0.15, 0.2) is 12.7 Å². The summed E-state index contributed by atoms with van der Waals surface area (Å²) in [6.07, 6.45) is 2.24. The Balaban J connectivity index is 2.78. The van der Waals surface area contributed by atoms with Crippen LogP contribution in [0.1, 0.15) is 40.5 Å². The second-order valence-electron chi connectivity index (χ2n) is 5.61. The highest BCUT2D eigenvalue weighted by molar-refractivity contribution is 5.81. The Morgan fingerprint density at radius 1 is 1.38 bits per heavy atom. The molecule has 0 aromatic heterocycles. The van der Waals surface area contributed by atoms with Gasteiger partial charge in [0.05, 0.1) is 0 Å². The fourth-order valence-electron chi connectivity index (χ4n) is 2.47. The van der Waals surface area contributed by atoms with E-state index >= 15 is 0 Å². The molecule has 0 radical (unpaired) electrons. The molecule has 0 aliphatic carbocycles. The predicted molar refractivity (Wildman–Crippen MR) is 61.1 cm³/mol. The molecule has 4 nitrogen and oxygen atoms in total. The molecular weight excluding hydrogens is 206 g/mol. The molecule has 0 amide bonds. The van der Waals surface area contributed by atoms with Gasteiger partial charge in [-0.3, -0.25) is 0 Å². The van der Waals surface area contributed by atoms with E-state index in [1.807, 2.05) is 27.7 Å². The van der Waals surface area contributed by atoms with Crippen molar-refractivity contribution in [2.75, 3.05) is 0 Å². The van der Waals surface area contributed by atoms with Crippen LogP contribution < -0.4 is 0 Å². The number of esters is 1. The van der Waals surface area contributed by atoms with Crippen molar-refractivity contribution < 1.29 is 14.7 Å². The zero-order chi connectivity index (χ0) is 12.6. The lowest BCUT2D eigenvalue weighted by Crippen LogP contribution is -2.60. The molecule has 1 saturated heterocycles. The molecule has 0 bridgehead atoms. The average molecular weight is 227 g/mol. The van der Waals surface area contributed by atoms with E-state index in [-0.39, 0.29) is 6.10 Å². The van der Waals surface area contributed by atoms with Gasteiger partial charge >= 0.3 is 5.97 Å². The van der Waals surface area contributed by atoms with Gasteiger partial charge in [-0.1, -0.05) is 6.58 Å². The highest BCUT2D eigenvalue weighted by Crippen LogP contribution is 2.37. The van der Waals surface area contributed by atoms with E-state index in [9.17, 15) is 10.0 Å². The average Bonchev–Trinajstić information content (AvgIpc) is 2.13. The smallest absolute Gasteiger partial charge is 0.330 e. The van der Waals surface area contributed by atoms with E-state index in [2.05, 4.69) is 6.58 Å². The second-order valence-corrected chi connectivity index (χ2v) is 5.61. The first-order valence-corrected chi connectivity index (χ1v) is 5.51. The molecular formula is C12H21NO3. The normalized spacial score (nSPS) is 25.1. The molecule has 1 aliphatic heterocycles. The third-order valence-electron chi connectivity index (χ3n) is 3.05. The number of hydrogen-bond donors (Lipinski definition) is 1. The van der Waals surface area contributed by atoms with E-state index in [4.69, 9.17) is 4.74 Å². The van der Waals surface area contributed by atoms with Crippen LogP contribution in [-0.4, -0.2) is 33.4 Å². The maximum absolute atomic E-state index is 11.2. The maximum atomic E-state index is 11.2. The van der Waals surface area contributed by atoms with E-state index < -0.39 is 17.0 Å². The Kier molecular flexibility index (Phi) is 3.45. The van der Waals surface area contributed by atoms with Crippen molar-refractivity contribution in [3.63, 3.8) is 0 Å². The molecule has 1 rings (SSSR count). The highest BCUT2D eigenvalue weighted by Gasteiger charge is 2.46. The summed E-state index contributed by atoms with van der Waals surface area (Å²) in [5, 5.41) is 11.4. The van der Waals surface area contributed by atoms with Crippen LogP contribution in [0.3, 0.4) is 0 Å². The summed E-state index contributed by atoms with van der Waals surface area (Å²) >= 11 is 0. The van der Waals surface area contributed by atoms with Crippen molar-refractivity contribution >= 4 is 5.97 Å². The van der Waals surface area contributed by atoms with Gasteiger partial charge in [-0.05, 0) is 27.7 Å². The van der Waals surface area contributed by atoms with Gasteiger partial charge in [0.2, 0.25) is 0 Å². The van der Waals surface area contributed by atoms with Crippen LogP contribution >= 0.6 is 0 Å². The standard InChI is InChI=1S/C12H21NO3/c1-6-10(14)16-9-7-11(2,3)13(15)12(4,5)8-9/h6,9,15H,1,7-8H2,2-5H3. The molecule has 0 aromatic rings. The van der Waals surface area contributed by atoms with E-state index in [0.717, 1.165) is 0 Å². The monoisotopic (exact) mass is 227 g/mol. The molecule has 4 heteroatoms. The number of hydrogen-bond acceptors (Lipinski definition) is 4. The van der Waals surface area contributed by atoms with Crippen molar-refractivity contribution in [3.05, 3.63) is 12.7 Å². The van der Waals surface area contributed by atoms with Gasteiger partial charge in [-0.2, -0.15) is 5.06 Å². The number of piperidine rings is 1. The molecule has 0 aromatic carbocycles. The first kappa shape index (κ1) is 13.2. The first-order chi connectivity index (χ1) is 7.19. The summed E-state index contributed by atoms with van der Waals surface area (Å²) in [4.78, 5) is 11.2. The van der Waals surface area contributed by atoms with Gasteiger partial charge in [-0.25, -0.2) is 4.79 Å². The largest absolute Gasteiger partial charge is 0.459 e. The van der Waals surface area contributed by atoms with Crippen molar-refractivity contribution in [1.82, 2.24) is 5.06 Å². The number of ether oxygens (including phenoxy) is 1. The van der Waals surface area contributed by atoms with Crippen molar-refractivity contribution in [3.8, 4) is 0 Å². The summed E-state index contributed by atoms with van der Waals surface area (Å²) in [6, 6.07) is 0. The second kappa shape index (κ2) is 4.18. The quantitative estimate of drug-likeness (QED) is 0.580. The van der Waals surface area contributed by atoms with Gasteiger partial charge in [0.15, 0.2) is 0 Å². The topological polar surface area (TPSA) is 49.8 Å². The molecule has 0 unspecified atom stereocenters. The lowest BCUT2D eigenvalue weighted by Gasteiger charge is -2.50. The van der Waals surface area contributed by atoms with Gasteiger partial charge in [0, 0.05) is 30.0 Å². The van der Waals surface area contributed by atoms with Gasteiger partial charge in [0.25, 0.3) is 0 Å². The minimum absolute atomic E-state index is 0.168. The molecule has 92 valence electrons. The summed E-state index contributed by atoms with van der Waals surface area (Å²) in [5.74, 6) is -0.400. The fourth-order valence-corrected chi connectivity index (χ4v) is 2.47. The molecule has 1 fully saturated rings. The van der Waals surface area contributed by atoms with Crippen molar-refractivity contribution in [2.24, 2.45) is 0 Å². The Labute approximate surface area is 96.8 Å². The van der Waals surface area contributed by atoms with Gasteiger partial charge < -0.3 is 9.94 Å². The SMILES string of the molecule is C=CC(=O)OC1CC(C)(C)N(O)C(C)(C)C1. The van der Waals surface area contributed by atoms with Crippen molar-refractivity contribution in [1.29, 1.82) is 0 Å². The zero-order valence-corrected chi connectivity index (χ0v) is 10.5. The van der Waals surface area contributed by atoms with Gasteiger partial charge in [-0.15, -0.1) is 0 Å². The lowest BCUT2D eigenvalue weighted by atomic mass is 9.80. The lowest BCUT2D eigenvalue weighted by molar-refractivity contribution is -0.259. The molecule has 1 aliphatic rings. The Hall–Kier alpha value is -0.870. The summed E-state index contributed by atoms with van der Waals surface area (Å²) in [6.45, 7) is 11.1. The van der Waals surface area contributed by atoms with Crippen LogP contribution in [0.2, 0.25) is 0 Å². The van der Waals surface area contributed by atoms with Crippen LogP contribution in [0.4, 0.5) is 0 Å². The number of nitrogens with zero attached hydrogens (tertiary/aromatic N) is 1. The first-order valence-electron chi connectivity index (χ1n) is 5.51. The van der Waals surface area contributed by atoms with E-state index in [0.29, 0.717) is 12.8 Å². The van der Waals surface area contributed by atoms with Crippen molar-refractivity contribution in [2.45, 2.75) is 57.7 Å². The molecule has 0 spiro atoms. The Morgan fingerprint density at radius 3 is 2.19 bits per heavy atom. The summed E-state index contributed by atoms with van der Waals surface area (Å²) in [5.41, 5.74) is -0.790.